The summed E-state index contributed by atoms with van der Waals surface area (Å²) in [4.78, 5) is 23.3. The molecule has 0 radical (unpaired) electrons. The number of carbonyl (C=O) groups is 2. The average molecular weight is 244 g/mol. The third-order valence-corrected chi connectivity index (χ3v) is 2.21. The molecule has 0 aromatic carbocycles. The van der Waals surface area contributed by atoms with Crippen molar-refractivity contribution in [3.8, 4) is 0 Å². The van der Waals surface area contributed by atoms with Crippen LogP contribution >= 0.6 is 0 Å². The number of hydrogen-bond acceptors (Lipinski definition) is 4. The number of ether oxygens (including phenoxy) is 2. The number of esters is 2. The van der Waals surface area contributed by atoms with Gasteiger partial charge in [-0.1, -0.05) is 13.8 Å². The molecular weight excluding hydrogens is 220 g/mol. The van der Waals surface area contributed by atoms with Gasteiger partial charge < -0.3 is 9.47 Å². The Labute approximate surface area is 104 Å². The van der Waals surface area contributed by atoms with Crippen LogP contribution in [0, 0.1) is 11.8 Å². The van der Waals surface area contributed by atoms with Gasteiger partial charge >= 0.3 is 11.9 Å². The highest BCUT2D eigenvalue weighted by Gasteiger charge is 2.28. The third kappa shape index (κ3) is 6.97. The molecule has 0 aromatic rings. The first-order chi connectivity index (χ1) is 7.73. The lowest BCUT2D eigenvalue weighted by atomic mass is 9.92. The maximum atomic E-state index is 11.8. The number of hydrogen-bond donors (Lipinski definition) is 0. The van der Waals surface area contributed by atoms with Gasteiger partial charge in [0, 0.05) is 0 Å². The monoisotopic (exact) mass is 244 g/mol. The Morgan fingerprint density at radius 1 is 0.882 bits per heavy atom. The van der Waals surface area contributed by atoms with Crippen molar-refractivity contribution in [1.82, 2.24) is 0 Å². The quantitative estimate of drug-likeness (QED) is 0.674. The zero-order valence-electron chi connectivity index (χ0n) is 11.6. The molecule has 1 unspecified atom stereocenters. The molecule has 0 bridgehead atoms. The molecule has 100 valence electrons. The van der Waals surface area contributed by atoms with E-state index in [0.717, 1.165) is 0 Å². The Morgan fingerprint density at radius 3 is 1.71 bits per heavy atom. The summed E-state index contributed by atoms with van der Waals surface area (Å²) in [7, 11) is 0. The molecule has 0 saturated heterocycles. The average Bonchev–Trinajstić information content (AvgIpc) is 2.10. The molecule has 0 fully saturated rings. The van der Waals surface area contributed by atoms with Crippen LogP contribution in [0.15, 0.2) is 0 Å². The van der Waals surface area contributed by atoms with E-state index < -0.39 is 5.92 Å². The number of rotatable bonds is 6. The van der Waals surface area contributed by atoms with Crippen molar-refractivity contribution in [3.63, 3.8) is 0 Å². The Morgan fingerprint density at radius 2 is 1.35 bits per heavy atom. The van der Waals surface area contributed by atoms with Gasteiger partial charge in [-0.3, -0.25) is 9.59 Å². The summed E-state index contributed by atoms with van der Waals surface area (Å²) in [6, 6.07) is 0. The maximum absolute atomic E-state index is 11.8. The molecule has 0 heterocycles. The van der Waals surface area contributed by atoms with Crippen molar-refractivity contribution in [2.45, 2.75) is 60.2 Å². The van der Waals surface area contributed by atoms with Gasteiger partial charge in [0.15, 0.2) is 0 Å². The fourth-order valence-corrected chi connectivity index (χ4v) is 1.40. The standard InChI is InChI=1S/C13H24O4/c1-8(2)11(13(15)17-10(5)6)7-12(14)16-9(3)4/h8-11H,7H2,1-6H3. The second kappa shape index (κ2) is 7.30. The summed E-state index contributed by atoms with van der Waals surface area (Å²) >= 11 is 0. The van der Waals surface area contributed by atoms with Gasteiger partial charge in [0.1, 0.15) is 0 Å². The van der Waals surface area contributed by atoms with E-state index in [1.807, 2.05) is 13.8 Å². The molecule has 0 N–H and O–H groups in total. The zero-order chi connectivity index (χ0) is 13.6. The molecule has 0 aliphatic heterocycles. The SMILES string of the molecule is CC(C)OC(=O)CC(C(=O)OC(C)C)C(C)C. The molecule has 4 nitrogen and oxygen atoms in total. The van der Waals surface area contributed by atoms with Crippen LogP contribution in [0.3, 0.4) is 0 Å². The Balaban J connectivity index is 4.43. The molecule has 0 rings (SSSR count). The number of carbonyl (C=O) groups excluding carboxylic acids is 2. The first-order valence-electron chi connectivity index (χ1n) is 6.14. The van der Waals surface area contributed by atoms with Crippen molar-refractivity contribution in [2.24, 2.45) is 11.8 Å². The van der Waals surface area contributed by atoms with Crippen molar-refractivity contribution >= 4 is 11.9 Å². The topological polar surface area (TPSA) is 52.6 Å². The highest BCUT2D eigenvalue weighted by atomic mass is 16.5. The van der Waals surface area contributed by atoms with E-state index in [0.29, 0.717) is 0 Å². The van der Waals surface area contributed by atoms with E-state index in [2.05, 4.69) is 0 Å². The van der Waals surface area contributed by atoms with Crippen LogP contribution < -0.4 is 0 Å². The fraction of sp³-hybridized carbons (Fsp3) is 0.846. The molecular formula is C13H24O4. The van der Waals surface area contributed by atoms with E-state index in [1.54, 1.807) is 27.7 Å². The molecule has 0 amide bonds. The van der Waals surface area contributed by atoms with Gasteiger partial charge in [0.2, 0.25) is 0 Å². The van der Waals surface area contributed by atoms with E-state index in [9.17, 15) is 9.59 Å². The van der Waals surface area contributed by atoms with Crippen molar-refractivity contribution in [1.29, 1.82) is 0 Å². The molecule has 4 heteroatoms. The van der Waals surface area contributed by atoms with E-state index in [1.165, 1.54) is 0 Å². The van der Waals surface area contributed by atoms with Gasteiger partial charge in [-0.05, 0) is 33.6 Å². The first kappa shape index (κ1) is 15.9. The van der Waals surface area contributed by atoms with Crippen LogP contribution in [0.25, 0.3) is 0 Å². The van der Waals surface area contributed by atoms with Crippen LogP contribution in [0.1, 0.15) is 48.0 Å². The van der Waals surface area contributed by atoms with E-state index in [-0.39, 0.29) is 36.5 Å². The van der Waals surface area contributed by atoms with Crippen LogP contribution in [-0.2, 0) is 19.1 Å². The Bertz CT molecular complexity index is 256. The summed E-state index contributed by atoms with van der Waals surface area (Å²) in [6.45, 7) is 11.0. The Kier molecular flexibility index (Phi) is 6.85. The van der Waals surface area contributed by atoms with E-state index in [4.69, 9.17) is 9.47 Å². The van der Waals surface area contributed by atoms with Crippen molar-refractivity contribution < 1.29 is 19.1 Å². The summed E-state index contributed by atoms with van der Waals surface area (Å²) in [6.07, 6.45) is -0.234. The molecule has 0 spiro atoms. The smallest absolute Gasteiger partial charge is 0.310 e. The normalized spacial score (nSPS) is 13.0. The van der Waals surface area contributed by atoms with Crippen LogP contribution in [0.5, 0.6) is 0 Å². The molecule has 17 heavy (non-hydrogen) atoms. The summed E-state index contributed by atoms with van der Waals surface area (Å²) in [5.74, 6) is -1.04. The summed E-state index contributed by atoms with van der Waals surface area (Å²) in [5, 5.41) is 0. The second-order valence-corrected chi connectivity index (χ2v) is 5.08. The first-order valence-corrected chi connectivity index (χ1v) is 6.14. The minimum atomic E-state index is -0.427. The van der Waals surface area contributed by atoms with Crippen molar-refractivity contribution in [3.05, 3.63) is 0 Å². The van der Waals surface area contributed by atoms with Gasteiger partial charge in [-0.2, -0.15) is 0 Å². The van der Waals surface area contributed by atoms with Crippen LogP contribution in [0.4, 0.5) is 0 Å². The van der Waals surface area contributed by atoms with Crippen LogP contribution in [-0.4, -0.2) is 24.1 Å². The van der Waals surface area contributed by atoms with Gasteiger partial charge in [-0.15, -0.1) is 0 Å². The molecule has 0 saturated carbocycles. The zero-order valence-corrected chi connectivity index (χ0v) is 11.6. The van der Waals surface area contributed by atoms with Gasteiger partial charge in [0.25, 0.3) is 0 Å². The lowest BCUT2D eigenvalue weighted by molar-refractivity contribution is -0.161. The Hall–Kier alpha value is -1.06. The second-order valence-electron chi connectivity index (χ2n) is 5.08. The third-order valence-electron chi connectivity index (χ3n) is 2.21. The fourth-order valence-electron chi connectivity index (χ4n) is 1.40. The minimum Gasteiger partial charge on any atom is -0.463 e. The molecule has 1 atom stereocenters. The van der Waals surface area contributed by atoms with E-state index >= 15 is 0 Å². The molecule has 0 aliphatic carbocycles. The highest BCUT2D eigenvalue weighted by molar-refractivity contribution is 5.80. The van der Waals surface area contributed by atoms with Crippen LogP contribution in [0.2, 0.25) is 0 Å². The maximum Gasteiger partial charge on any atom is 0.310 e. The summed E-state index contributed by atoms with van der Waals surface area (Å²) < 4.78 is 10.2. The predicted octanol–water partition coefficient (Wildman–Crippen LogP) is 2.55. The lowest BCUT2D eigenvalue weighted by Crippen LogP contribution is -2.28. The minimum absolute atomic E-state index is 0.0564. The van der Waals surface area contributed by atoms with Gasteiger partial charge in [-0.25, -0.2) is 0 Å². The van der Waals surface area contributed by atoms with Crippen molar-refractivity contribution in [2.75, 3.05) is 0 Å². The predicted molar refractivity (Wildman–Crippen MR) is 65.4 cm³/mol. The lowest BCUT2D eigenvalue weighted by Gasteiger charge is -2.20. The molecule has 0 aliphatic rings. The van der Waals surface area contributed by atoms with Gasteiger partial charge in [0.05, 0.1) is 24.5 Å². The largest absolute Gasteiger partial charge is 0.463 e. The highest BCUT2D eigenvalue weighted by Crippen LogP contribution is 2.19. The molecule has 0 aromatic heterocycles. The summed E-state index contributed by atoms with van der Waals surface area (Å²) in [5.41, 5.74) is 0.